The van der Waals surface area contributed by atoms with Crippen LogP contribution in [0.1, 0.15) is 0 Å². The topological polar surface area (TPSA) is 58.2 Å². The van der Waals surface area contributed by atoms with Gasteiger partial charge in [-0.15, -0.1) is 0 Å². The van der Waals surface area contributed by atoms with Crippen LogP contribution in [0.4, 0.5) is 4.79 Å². The van der Waals surface area contributed by atoms with Crippen LogP contribution in [-0.2, 0) is 4.79 Å². The highest BCUT2D eigenvalue weighted by Crippen LogP contribution is 2.09. The summed E-state index contributed by atoms with van der Waals surface area (Å²) in [5.74, 6) is 0.623. The first-order valence-electron chi connectivity index (χ1n) is 2.46. The van der Waals surface area contributed by atoms with Gasteiger partial charge in [-0.05, 0) is 0 Å². The molecule has 1 saturated heterocycles. The van der Waals surface area contributed by atoms with Crippen LogP contribution in [0.25, 0.3) is 0 Å². The Morgan fingerprint density at radius 3 is 3.11 bits per heavy atom. The summed E-state index contributed by atoms with van der Waals surface area (Å²) in [6.07, 6.45) is 0.414. The Morgan fingerprint density at radius 1 is 1.89 bits per heavy atom. The third kappa shape index (κ3) is 1.60. The molecule has 4 nitrogen and oxygen atoms in total. The van der Waals surface area contributed by atoms with Gasteiger partial charge >= 0.3 is 0 Å². The molecule has 2 N–H and O–H groups in total. The second-order valence-corrected chi connectivity index (χ2v) is 2.57. The van der Waals surface area contributed by atoms with Crippen LogP contribution < -0.4 is 10.6 Å². The molecule has 9 heavy (non-hydrogen) atoms. The molecule has 0 aliphatic carbocycles. The van der Waals surface area contributed by atoms with Crippen LogP contribution >= 0.6 is 11.8 Å². The van der Waals surface area contributed by atoms with Crippen molar-refractivity contribution in [3.05, 3.63) is 0 Å². The van der Waals surface area contributed by atoms with E-state index in [4.69, 9.17) is 0 Å². The lowest BCUT2D eigenvalue weighted by Gasteiger charge is -2.04. The van der Waals surface area contributed by atoms with E-state index < -0.39 is 0 Å². The number of carbonyl (C=O) groups excluding carboxylic acids is 2. The van der Waals surface area contributed by atoms with Crippen molar-refractivity contribution in [2.75, 3.05) is 5.75 Å². The van der Waals surface area contributed by atoms with E-state index in [1.807, 2.05) is 0 Å². The fraction of sp³-hybridized carbons (Fsp3) is 0.500. The molecule has 1 aliphatic heterocycles. The molecule has 1 rings (SSSR count). The average Bonchev–Trinajstić information content (AvgIpc) is 2.17. The summed E-state index contributed by atoms with van der Waals surface area (Å²) >= 11 is 1.17. The molecule has 1 heterocycles. The molecule has 0 saturated carbocycles. The van der Waals surface area contributed by atoms with Crippen molar-refractivity contribution in [3.8, 4) is 0 Å². The molecule has 0 aromatic carbocycles. The van der Waals surface area contributed by atoms with Crippen molar-refractivity contribution in [2.24, 2.45) is 0 Å². The van der Waals surface area contributed by atoms with E-state index in [1.165, 1.54) is 11.8 Å². The standard InChI is InChI=1S/C4H6N2O2S/c7-2-5-3-1-9-4(8)6-3/h2-3H,1H2,(H,5,7)(H,6,8). The van der Waals surface area contributed by atoms with Gasteiger partial charge in [-0.2, -0.15) is 0 Å². The fourth-order valence-electron chi connectivity index (χ4n) is 0.557. The maximum atomic E-state index is 10.4. The van der Waals surface area contributed by atoms with E-state index in [9.17, 15) is 9.59 Å². The summed E-state index contributed by atoms with van der Waals surface area (Å²) in [6.45, 7) is 0. The maximum Gasteiger partial charge on any atom is 0.280 e. The molecule has 2 amide bonds. The molecule has 0 aromatic rings. The molecule has 1 fully saturated rings. The first-order valence-corrected chi connectivity index (χ1v) is 3.44. The van der Waals surface area contributed by atoms with Gasteiger partial charge in [0, 0.05) is 5.75 Å². The van der Waals surface area contributed by atoms with Crippen molar-refractivity contribution >= 4 is 23.4 Å². The van der Waals surface area contributed by atoms with Crippen molar-refractivity contribution in [1.29, 1.82) is 0 Å². The van der Waals surface area contributed by atoms with Gasteiger partial charge in [0.2, 0.25) is 6.41 Å². The van der Waals surface area contributed by atoms with E-state index in [1.54, 1.807) is 0 Å². The number of carbonyl (C=O) groups is 2. The first-order chi connectivity index (χ1) is 4.33. The molecular formula is C4H6N2O2S. The highest BCUT2D eigenvalue weighted by Gasteiger charge is 2.19. The Morgan fingerprint density at radius 2 is 2.67 bits per heavy atom. The van der Waals surface area contributed by atoms with Gasteiger partial charge in [0.1, 0.15) is 6.17 Å². The Bertz CT molecular complexity index is 139. The predicted molar refractivity (Wildman–Crippen MR) is 34.0 cm³/mol. The lowest BCUT2D eigenvalue weighted by Crippen LogP contribution is -2.39. The first kappa shape index (κ1) is 6.41. The van der Waals surface area contributed by atoms with E-state index in [0.717, 1.165) is 0 Å². The highest BCUT2D eigenvalue weighted by atomic mass is 32.2. The monoisotopic (exact) mass is 146 g/mol. The number of thioether (sulfide) groups is 1. The Labute approximate surface area is 56.4 Å². The van der Waals surface area contributed by atoms with Crippen molar-refractivity contribution in [3.63, 3.8) is 0 Å². The normalized spacial score (nSPS) is 25.3. The Hall–Kier alpha value is -0.710. The van der Waals surface area contributed by atoms with Gasteiger partial charge in [-0.1, -0.05) is 11.8 Å². The second-order valence-electron chi connectivity index (χ2n) is 1.58. The summed E-state index contributed by atoms with van der Waals surface area (Å²) in [5, 5.41) is 4.90. The summed E-state index contributed by atoms with van der Waals surface area (Å²) in [7, 11) is 0. The smallest absolute Gasteiger partial charge is 0.280 e. The van der Waals surface area contributed by atoms with Gasteiger partial charge < -0.3 is 10.6 Å². The number of amides is 2. The van der Waals surface area contributed by atoms with Crippen molar-refractivity contribution < 1.29 is 9.59 Å². The molecule has 0 aromatic heterocycles. The summed E-state index contributed by atoms with van der Waals surface area (Å²) < 4.78 is 0. The Kier molecular flexibility index (Phi) is 1.94. The fourth-order valence-corrected chi connectivity index (χ4v) is 1.28. The van der Waals surface area contributed by atoms with Crippen molar-refractivity contribution in [2.45, 2.75) is 6.17 Å². The third-order valence-electron chi connectivity index (χ3n) is 0.942. The summed E-state index contributed by atoms with van der Waals surface area (Å²) in [6, 6.07) is 0. The zero-order valence-electron chi connectivity index (χ0n) is 4.59. The van der Waals surface area contributed by atoms with Crippen molar-refractivity contribution in [1.82, 2.24) is 10.6 Å². The predicted octanol–water partition coefficient (Wildman–Crippen LogP) is -0.485. The van der Waals surface area contributed by atoms with Crippen LogP contribution in [-0.4, -0.2) is 23.6 Å². The van der Waals surface area contributed by atoms with E-state index in [-0.39, 0.29) is 11.4 Å². The van der Waals surface area contributed by atoms with Crippen LogP contribution in [0.2, 0.25) is 0 Å². The molecule has 0 spiro atoms. The third-order valence-corrected chi connectivity index (χ3v) is 1.82. The molecule has 50 valence electrons. The Balaban J connectivity index is 2.29. The number of hydrogen-bond acceptors (Lipinski definition) is 3. The van der Waals surface area contributed by atoms with Crippen LogP contribution in [0.15, 0.2) is 0 Å². The largest absolute Gasteiger partial charge is 0.338 e. The lowest BCUT2D eigenvalue weighted by atomic mass is 10.6. The van der Waals surface area contributed by atoms with Crippen LogP contribution in [0.3, 0.4) is 0 Å². The molecule has 0 bridgehead atoms. The number of hydrogen-bond donors (Lipinski definition) is 2. The van der Waals surface area contributed by atoms with E-state index >= 15 is 0 Å². The zero-order valence-corrected chi connectivity index (χ0v) is 5.40. The van der Waals surface area contributed by atoms with Gasteiger partial charge in [-0.3, -0.25) is 9.59 Å². The molecule has 5 heteroatoms. The minimum Gasteiger partial charge on any atom is -0.338 e. The van der Waals surface area contributed by atoms with Gasteiger partial charge in [0.05, 0.1) is 0 Å². The van der Waals surface area contributed by atoms with Gasteiger partial charge in [0.15, 0.2) is 0 Å². The molecule has 1 unspecified atom stereocenters. The molecule has 1 atom stereocenters. The molecule has 0 radical (unpaired) electrons. The van der Waals surface area contributed by atoms with Crippen LogP contribution in [0.5, 0.6) is 0 Å². The average molecular weight is 146 g/mol. The molecular weight excluding hydrogens is 140 g/mol. The number of rotatable bonds is 2. The molecule has 1 aliphatic rings. The quantitative estimate of drug-likeness (QED) is 0.517. The summed E-state index contributed by atoms with van der Waals surface area (Å²) in [4.78, 5) is 20.2. The SMILES string of the molecule is O=CNC1CSC(=O)N1. The highest BCUT2D eigenvalue weighted by molar-refractivity contribution is 8.13. The van der Waals surface area contributed by atoms with Gasteiger partial charge in [-0.25, -0.2) is 0 Å². The van der Waals surface area contributed by atoms with E-state index in [0.29, 0.717) is 12.2 Å². The summed E-state index contributed by atoms with van der Waals surface area (Å²) in [5.41, 5.74) is 0. The van der Waals surface area contributed by atoms with Crippen LogP contribution in [0, 0.1) is 0 Å². The second kappa shape index (κ2) is 2.72. The minimum atomic E-state index is -0.167. The zero-order chi connectivity index (χ0) is 6.69. The van der Waals surface area contributed by atoms with Gasteiger partial charge in [0.25, 0.3) is 5.24 Å². The minimum absolute atomic E-state index is 0.0747. The lowest BCUT2D eigenvalue weighted by molar-refractivity contribution is -0.110. The number of nitrogens with one attached hydrogen (secondary N) is 2. The van der Waals surface area contributed by atoms with E-state index in [2.05, 4.69) is 10.6 Å². The maximum absolute atomic E-state index is 10.4.